The lowest BCUT2D eigenvalue weighted by atomic mass is 10.0. The van der Waals surface area contributed by atoms with Gasteiger partial charge >= 0.3 is 5.97 Å². The van der Waals surface area contributed by atoms with Crippen molar-refractivity contribution in [1.29, 1.82) is 0 Å². The van der Waals surface area contributed by atoms with Gasteiger partial charge in [0.2, 0.25) is 0 Å². The highest BCUT2D eigenvalue weighted by Crippen LogP contribution is 2.16. The summed E-state index contributed by atoms with van der Waals surface area (Å²) in [6, 6.07) is 1.50. The van der Waals surface area contributed by atoms with Crippen molar-refractivity contribution in [2.75, 3.05) is 0 Å². The van der Waals surface area contributed by atoms with Crippen molar-refractivity contribution in [2.45, 2.75) is 154 Å². The average molecular weight is 439 g/mol. The number of unbranched alkanes of at least 4 members (excludes halogenated alkanes) is 17. The van der Waals surface area contributed by atoms with E-state index in [4.69, 9.17) is 5.11 Å². The molecule has 0 aromatic heterocycles. The summed E-state index contributed by atoms with van der Waals surface area (Å²) in [6.45, 7) is 7.45. The first kappa shape index (κ1) is 29.4. The molecule has 0 saturated carbocycles. The molecule has 1 N–H and O–H groups in total. The summed E-state index contributed by atoms with van der Waals surface area (Å²) in [5.74, 6) is -0.653. The van der Waals surface area contributed by atoms with Gasteiger partial charge in [0.05, 0.1) is 0 Å². The fourth-order valence-electron chi connectivity index (χ4n) is 3.99. The smallest absolute Gasteiger partial charge is 0.303 e. The quantitative estimate of drug-likeness (QED) is 0.0978. The zero-order valence-corrected chi connectivity index (χ0v) is 21.9. The van der Waals surface area contributed by atoms with Gasteiger partial charge in [-0.15, -0.1) is 0 Å². The summed E-state index contributed by atoms with van der Waals surface area (Å²) >= 11 is 0. The number of aliphatic carboxylic acids is 1. The Balaban J connectivity index is 3.12. The Hall–Kier alpha value is -0.573. The Morgan fingerprint density at radius 3 is 1.27 bits per heavy atom. The summed E-state index contributed by atoms with van der Waals surface area (Å²) in [4.78, 5) is 10.4. The van der Waals surface area contributed by atoms with E-state index in [1.54, 1.807) is 0 Å². The van der Waals surface area contributed by atoms with Crippen LogP contribution in [0.4, 0.5) is 0 Å². The van der Waals surface area contributed by atoms with Crippen LogP contribution in [-0.4, -0.2) is 19.1 Å². The van der Waals surface area contributed by atoms with Gasteiger partial charge in [-0.05, 0) is 32.1 Å². The summed E-state index contributed by atoms with van der Waals surface area (Å²) in [5, 5.41) is 8.59. The molecule has 0 atom stereocenters. The topological polar surface area (TPSA) is 37.3 Å². The molecular weight excluding hydrogens is 384 g/mol. The highest BCUT2D eigenvalue weighted by Gasteiger charge is 2.11. The van der Waals surface area contributed by atoms with E-state index in [0.717, 1.165) is 12.8 Å². The van der Waals surface area contributed by atoms with Gasteiger partial charge in [-0.25, -0.2) is 0 Å². The Labute approximate surface area is 190 Å². The van der Waals surface area contributed by atoms with Crippen molar-refractivity contribution in [3.8, 4) is 0 Å². The van der Waals surface area contributed by atoms with Crippen LogP contribution in [0.2, 0.25) is 25.7 Å². The van der Waals surface area contributed by atoms with Gasteiger partial charge in [0.25, 0.3) is 0 Å². The van der Waals surface area contributed by atoms with E-state index in [1.165, 1.54) is 115 Å². The van der Waals surface area contributed by atoms with Crippen LogP contribution in [-0.2, 0) is 4.79 Å². The average Bonchev–Trinajstić information content (AvgIpc) is 2.67. The van der Waals surface area contributed by atoms with Crippen molar-refractivity contribution in [3.63, 3.8) is 0 Å². The van der Waals surface area contributed by atoms with E-state index < -0.39 is 14.0 Å². The predicted octanol–water partition coefficient (Wildman–Crippen LogP) is 9.77. The van der Waals surface area contributed by atoms with E-state index >= 15 is 0 Å². The first-order valence-corrected chi connectivity index (χ1v) is 17.0. The van der Waals surface area contributed by atoms with Crippen LogP contribution in [0.3, 0.4) is 0 Å². The second-order valence-electron chi connectivity index (χ2n) is 10.5. The standard InChI is InChI=1S/C27H54O2Si/c1-30(2,3)26-24-22-20-18-16-14-12-10-8-6-4-5-7-9-11-13-15-17-19-21-23-25-27(28)29/h10,12H,4-9,11,13-26H2,1-3H3,(H,28,29)/b12-10+. The zero-order valence-electron chi connectivity index (χ0n) is 20.9. The van der Waals surface area contributed by atoms with Crippen LogP contribution in [0.1, 0.15) is 128 Å². The number of carboxylic acids is 1. The third kappa shape index (κ3) is 27.4. The Morgan fingerprint density at radius 1 is 0.567 bits per heavy atom. The molecule has 0 heterocycles. The van der Waals surface area contributed by atoms with Crippen LogP contribution in [0.5, 0.6) is 0 Å². The van der Waals surface area contributed by atoms with Gasteiger partial charge < -0.3 is 5.11 Å². The van der Waals surface area contributed by atoms with E-state index in [-0.39, 0.29) is 0 Å². The van der Waals surface area contributed by atoms with Crippen LogP contribution >= 0.6 is 0 Å². The molecule has 0 saturated heterocycles. The van der Waals surface area contributed by atoms with Crippen LogP contribution in [0, 0.1) is 0 Å². The monoisotopic (exact) mass is 438 g/mol. The SMILES string of the molecule is C[Si](C)(C)CCCCCCC/C=C/CCCCCCCCCCCCCCC(=O)O. The van der Waals surface area contributed by atoms with E-state index in [1.807, 2.05) is 0 Å². The molecule has 0 aromatic carbocycles. The normalized spacial score (nSPS) is 12.1. The maximum absolute atomic E-state index is 10.4. The number of rotatable bonds is 23. The minimum absolute atomic E-state index is 0.342. The van der Waals surface area contributed by atoms with E-state index in [9.17, 15) is 4.79 Å². The molecule has 0 aliphatic rings. The van der Waals surface area contributed by atoms with Gasteiger partial charge in [0, 0.05) is 14.5 Å². The molecule has 178 valence electrons. The highest BCUT2D eigenvalue weighted by atomic mass is 28.3. The number of carboxylic acid groups (broad SMARTS) is 1. The van der Waals surface area contributed by atoms with Gasteiger partial charge in [0.1, 0.15) is 0 Å². The van der Waals surface area contributed by atoms with Crippen molar-refractivity contribution in [2.24, 2.45) is 0 Å². The van der Waals surface area contributed by atoms with Crippen molar-refractivity contribution in [1.82, 2.24) is 0 Å². The molecule has 0 aliphatic heterocycles. The van der Waals surface area contributed by atoms with Gasteiger partial charge in [-0.1, -0.05) is 128 Å². The number of hydrogen-bond acceptors (Lipinski definition) is 1. The second kappa shape index (κ2) is 21.7. The summed E-state index contributed by atoms with van der Waals surface area (Å²) < 4.78 is 0. The number of carbonyl (C=O) groups is 1. The molecule has 2 nitrogen and oxygen atoms in total. The lowest BCUT2D eigenvalue weighted by Gasteiger charge is -2.14. The summed E-state index contributed by atoms with van der Waals surface area (Å²) in [6.07, 6.45) is 30.3. The van der Waals surface area contributed by atoms with Gasteiger partial charge in [0.15, 0.2) is 0 Å². The van der Waals surface area contributed by atoms with Crippen molar-refractivity contribution >= 4 is 14.0 Å². The fraction of sp³-hybridized carbons (Fsp3) is 0.889. The minimum Gasteiger partial charge on any atom is -0.481 e. The highest BCUT2D eigenvalue weighted by molar-refractivity contribution is 6.76. The van der Waals surface area contributed by atoms with Crippen LogP contribution in [0.25, 0.3) is 0 Å². The summed E-state index contributed by atoms with van der Waals surface area (Å²) in [5.41, 5.74) is 0. The molecule has 0 radical (unpaired) electrons. The maximum Gasteiger partial charge on any atom is 0.303 e. The summed E-state index contributed by atoms with van der Waals surface area (Å²) in [7, 11) is -0.801. The molecule has 0 bridgehead atoms. The van der Waals surface area contributed by atoms with Crippen LogP contribution in [0.15, 0.2) is 12.2 Å². The maximum atomic E-state index is 10.4. The molecule has 0 rings (SSSR count). The Bertz CT molecular complexity index is 398. The van der Waals surface area contributed by atoms with E-state index in [0.29, 0.717) is 6.42 Å². The molecule has 0 spiro atoms. The van der Waals surface area contributed by atoms with E-state index in [2.05, 4.69) is 31.8 Å². The lowest BCUT2D eigenvalue weighted by molar-refractivity contribution is -0.137. The Kier molecular flexibility index (Phi) is 21.2. The molecule has 3 heteroatoms. The minimum atomic E-state index is -0.801. The molecule has 0 aromatic rings. The van der Waals surface area contributed by atoms with Gasteiger partial charge in [-0.3, -0.25) is 4.79 Å². The first-order valence-electron chi connectivity index (χ1n) is 13.3. The molecule has 0 unspecified atom stereocenters. The van der Waals surface area contributed by atoms with Crippen LogP contribution < -0.4 is 0 Å². The first-order chi connectivity index (χ1) is 14.4. The van der Waals surface area contributed by atoms with Gasteiger partial charge in [-0.2, -0.15) is 0 Å². The molecular formula is C27H54O2Si. The number of allylic oxidation sites excluding steroid dienone is 2. The lowest BCUT2D eigenvalue weighted by Crippen LogP contribution is -2.18. The number of hydrogen-bond donors (Lipinski definition) is 1. The molecule has 30 heavy (non-hydrogen) atoms. The second-order valence-corrected chi connectivity index (χ2v) is 16.1. The molecule has 0 fully saturated rings. The Morgan fingerprint density at radius 2 is 0.900 bits per heavy atom. The molecule has 0 amide bonds. The predicted molar refractivity (Wildman–Crippen MR) is 137 cm³/mol. The largest absolute Gasteiger partial charge is 0.481 e. The van der Waals surface area contributed by atoms with Crippen molar-refractivity contribution < 1.29 is 9.90 Å². The van der Waals surface area contributed by atoms with Crippen molar-refractivity contribution in [3.05, 3.63) is 12.2 Å². The zero-order chi connectivity index (χ0) is 22.3. The third-order valence-electron chi connectivity index (χ3n) is 5.98. The third-order valence-corrected chi connectivity index (χ3v) is 7.83. The molecule has 0 aliphatic carbocycles. The fourth-order valence-corrected chi connectivity index (χ4v) is 5.30.